The average molecular weight is 732 g/mol. The Labute approximate surface area is 310 Å². The molecule has 298 valence electrons. The summed E-state index contributed by atoms with van der Waals surface area (Å²) < 4.78 is 23.5. The van der Waals surface area contributed by atoms with Crippen molar-refractivity contribution < 1.29 is 32.9 Å². The van der Waals surface area contributed by atoms with Crippen molar-refractivity contribution in [2.75, 3.05) is 40.9 Å². The maximum atomic E-state index is 12.8. The molecule has 3 N–H and O–H groups in total. The Kier molecular flexibility index (Phi) is 33.5. The molecule has 1 amide bonds. The van der Waals surface area contributed by atoms with Crippen molar-refractivity contribution in [3.63, 3.8) is 0 Å². The molecule has 0 saturated carbocycles. The minimum absolute atomic E-state index is 0.0644. The van der Waals surface area contributed by atoms with Gasteiger partial charge in [0.05, 0.1) is 39.9 Å². The third-order valence-corrected chi connectivity index (χ3v) is 10.5. The number of hydrogen-bond donors (Lipinski definition) is 3. The lowest BCUT2D eigenvalue weighted by molar-refractivity contribution is -0.870. The third kappa shape index (κ3) is 35.6. The van der Waals surface area contributed by atoms with Crippen LogP contribution in [0.15, 0.2) is 12.2 Å². The molecule has 1 unspecified atom stereocenters. The summed E-state index contributed by atoms with van der Waals surface area (Å²) in [6.45, 7) is 4.81. The number of quaternary nitrogens is 1. The molecule has 50 heavy (non-hydrogen) atoms. The minimum Gasteiger partial charge on any atom is -0.387 e. The normalized spacial score (nSPS) is 14.6. The highest BCUT2D eigenvalue weighted by Crippen LogP contribution is 2.43. The van der Waals surface area contributed by atoms with E-state index in [-0.39, 0.29) is 19.1 Å². The lowest BCUT2D eigenvalue weighted by Crippen LogP contribution is -2.45. The summed E-state index contributed by atoms with van der Waals surface area (Å²) in [6, 6.07) is -0.838. The Morgan fingerprint density at radius 1 is 0.660 bits per heavy atom. The molecule has 0 spiro atoms. The molecule has 3 atom stereocenters. The van der Waals surface area contributed by atoms with E-state index in [0.29, 0.717) is 17.4 Å². The van der Waals surface area contributed by atoms with E-state index in [1.807, 2.05) is 27.2 Å². The summed E-state index contributed by atoms with van der Waals surface area (Å²) in [4.78, 5) is 23.0. The van der Waals surface area contributed by atoms with E-state index < -0.39 is 20.0 Å². The minimum atomic E-state index is -4.33. The number of rotatable bonds is 38. The number of nitrogens with one attached hydrogen (secondary N) is 1. The van der Waals surface area contributed by atoms with Crippen LogP contribution in [0.1, 0.15) is 194 Å². The smallest absolute Gasteiger partial charge is 0.387 e. The second-order valence-corrected chi connectivity index (χ2v) is 17.2. The number of unbranched alkanes of at least 4 members (excludes halogenated alkanes) is 25. The first-order chi connectivity index (χ1) is 24.0. The molecule has 0 heterocycles. The van der Waals surface area contributed by atoms with Crippen molar-refractivity contribution >= 4 is 13.7 Å². The van der Waals surface area contributed by atoms with Crippen molar-refractivity contribution in [3.05, 3.63) is 12.2 Å². The fraction of sp³-hybridized carbons (Fsp3) is 0.927. The number of carbonyl (C=O) groups excluding carboxylic acids is 1. The SMILES string of the molecule is CCCCCCCCCCCCCC=C[C@H](O)[C@@H](COP(=O)(O)OCC[N+](C)(C)C)NC(=O)CCCCCCCCCCCCCCCCC. The van der Waals surface area contributed by atoms with Crippen molar-refractivity contribution in [1.82, 2.24) is 5.32 Å². The van der Waals surface area contributed by atoms with Gasteiger partial charge >= 0.3 is 7.82 Å². The average Bonchev–Trinajstić information content (AvgIpc) is 3.06. The van der Waals surface area contributed by atoms with E-state index in [2.05, 4.69) is 19.2 Å². The summed E-state index contributed by atoms with van der Waals surface area (Å²) in [5.74, 6) is -0.176. The van der Waals surface area contributed by atoms with Gasteiger partial charge in [-0.15, -0.1) is 0 Å². The zero-order valence-electron chi connectivity index (χ0n) is 33.7. The Morgan fingerprint density at radius 3 is 1.48 bits per heavy atom. The quantitative estimate of drug-likeness (QED) is 0.0253. The molecule has 0 aromatic carbocycles. The molecule has 0 rings (SSSR count). The standard InChI is InChI=1S/C41H83N2O6P/c1-6-8-10-12-14-16-18-20-21-23-25-27-29-31-33-35-41(45)42-39(38-49-50(46,47)48-37-36-43(3,4)5)40(44)34-32-30-28-26-24-22-19-17-15-13-11-9-7-2/h32,34,39-40,44H,6-31,33,35-38H2,1-5H3,(H-,42,45,46,47)/p+1/t39-,40+/m1/s1. The van der Waals surface area contributed by atoms with Gasteiger partial charge in [0, 0.05) is 6.42 Å². The van der Waals surface area contributed by atoms with Crippen LogP contribution in [-0.4, -0.2) is 73.4 Å². The van der Waals surface area contributed by atoms with Crippen LogP contribution >= 0.6 is 7.82 Å². The first kappa shape index (κ1) is 49.2. The number of phosphoric ester groups is 1. The van der Waals surface area contributed by atoms with Gasteiger partial charge in [0.15, 0.2) is 0 Å². The van der Waals surface area contributed by atoms with E-state index >= 15 is 0 Å². The Bertz CT molecular complexity index is 834. The molecular weight excluding hydrogens is 647 g/mol. The number of allylic oxidation sites excluding steroid dienone is 1. The van der Waals surface area contributed by atoms with Gasteiger partial charge in [0.2, 0.25) is 5.91 Å². The van der Waals surface area contributed by atoms with Crippen molar-refractivity contribution in [1.29, 1.82) is 0 Å². The van der Waals surface area contributed by atoms with Gasteiger partial charge in [-0.1, -0.05) is 180 Å². The Balaban J connectivity index is 4.44. The summed E-state index contributed by atoms with van der Waals surface area (Å²) in [7, 11) is 1.58. The van der Waals surface area contributed by atoms with Crippen LogP contribution in [0.25, 0.3) is 0 Å². The number of likely N-dealkylation sites (N-methyl/N-ethyl adjacent to an activating group) is 1. The van der Waals surface area contributed by atoms with Gasteiger partial charge < -0.3 is 19.8 Å². The molecule has 9 heteroatoms. The van der Waals surface area contributed by atoms with E-state index in [9.17, 15) is 19.4 Å². The van der Waals surface area contributed by atoms with E-state index in [0.717, 1.165) is 38.5 Å². The predicted molar refractivity (Wildman–Crippen MR) is 212 cm³/mol. The second kappa shape index (κ2) is 34.0. The van der Waals surface area contributed by atoms with Crippen LogP contribution in [0.2, 0.25) is 0 Å². The molecule has 0 fully saturated rings. The van der Waals surface area contributed by atoms with Crippen LogP contribution in [0, 0.1) is 0 Å². The monoisotopic (exact) mass is 732 g/mol. The summed E-state index contributed by atoms with van der Waals surface area (Å²) in [5, 5.41) is 13.8. The fourth-order valence-electron chi connectivity index (χ4n) is 6.10. The zero-order valence-corrected chi connectivity index (χ0v) is 34.5. The fourth-order valence-corrected chi connectivity index (χ4v) is 6.84. The lowest BCUT2D eigenvalue weighted by Gasteiger charge is -2.25. The molecule has 0 aromatic heterocycles. The summed E-state index contributed by atoms with van der Waals surface area (Å²) >= 11 is 0. The molecule has 8 nitrogen and oxygen atoms in total. The molecule has 0 aliphatic rings. The highest BCUT2D eigenvalue weighted by atomic mass is 31.2. The first-order valence-corrected chi connectivity index (χ1v) is 22.6. The predicted octanol–water partition coefficient (Wildman–Crippen LogP) is 11.2. The lowest BCUT2D eigenvalue weighted by atomic mass is 10.0. The van der Waals surface area contributed by atoms with Crippen molar-refractivity contribution in [2.24, 2.45) is 0 Å². The first-order valence-electron chi connectivity index (χ1n) is 21.1. The van der Waals surface area contributed by atoms with E-state index in [1.165, 1.54) is 135 Å². The molecule has 0 radical (unpaired) electrons. The van der Waals surface area contributed by atoms with Crippen LogP contribution in [-0.2, 0) is 18.4 Å². The number of hydrogen-bond acceptors (Lipinski definition) is 5. The number of nitrogens with zero attached hydrogens (tertiary/aromatic N) is 1. The maximum absolute atomic E-state index is 12.8. The van der Waals surface area contributed by atoms with Gasteiger partial charge in [0.25, 0.3) is 0 Å². The number of amides is 1. The highest BCUT2D eigenvalue weighted by Gasteiger charge is 2.27. The van der Waals surface area contributed by atoms with Crippen LogP contribution < -0.4 is 5.32 Å². The third-order valence-electron chi connectivity index (χ3n) is 9.51. The van der Waals surface area contributed by atoms with E-state index in [4.69, 9.17) is 9.05 Å². The summed E-state index contributed by atoms with van der Waals surface area (Å²) in [6.07, 6.45) is 36.9. The molecular formula is C41H84N2O6P+. The Morgan fingerprint density at radius 2 is 1.06 bits per heavy atom. The van der Waals surface area contributed by atoms with Crippen LogP contribution in [0.5, 0.6) is 0 Å². The largest absolute Gasteiger partial charge is 0.472 e. The number of aliphatic hydroxyl groups is 1. The zero-order chi connectivity index (χ0) is 37.2. The van der Waals surface area contributed by atoms with Gasteiger partial charge in [-0.05, 0) is 19.3 Å². The number of carbonyl (C=O) groups is 1. The maximum Gasteiger partial charge on any atom is 0.472 e. The number of aliphatic hydroxyl groups excluding tert-OH is 1. The van der Waals surface area contributed by atoms with Crippen LogP contribution in [0.3, 0.4) is 0 Å². The van der Waals surface area contributed by atoms with Crippen molar-refractivity contribution in [2.45, 2.75) is 206 Å². The molecule has 0 aromatic rings. The second-order valence-electron chi connectivity index (χ2n) is 15.7. The molecule has 0 aliphatic carbocycles. The molecule has 0 saturated heterocycles. The van der Waals surface area contributed by atoms with Gasteiger partial charge in [0.1, 0.15) is 13.2 Å². The molecule has 0 bridgehead atoms. The number of phosphoric acid groups is 1. The van der Waals surface area contributed by atoms with Crippen LogP contribution in [0.4, 0.5) is 0 Å². The molecule has 0 aliphatic heterocycles. The van der Waals surface area contributed by atoms with Gasteiger partial charge in [-0.3, -0.25) is 13.8 Å². The van der Waals surface area contributed by atoms with Crippen molar-refractivity contribution in [3.8, 4) is 0 Å². The topological polar surface area (TPSA) is 105 Å². The van der Waals surface area contributed by atoms with E-state index in [1.54, 1.807) is 6.08 Å². The van der Waals surface area contributed by atoms with Gasteiger partial charge in [-0.2, -0.15) is 0 Å². The van der Waals surface area contributed by atoms with Gasteiger partial charge in [-0.25, -0.2) is 4.57 Å². The highest BCUT2D eigenvalue weighted by molar-refractivity contribution is 7.47. The summed E-state index contributed by atoms with van der Waals surface area (Å²) in [5.41, 5.74) is 0. The Hall–Kier alpha value is -0.760.